The van der Waals surface area contributed by atoms with Crippen molar-refractivity contribution < 1.29 is 15.0 Å². The van der Waals surface area contributed by atoms with Crippen molar-refractivity contribution in [1.82, 2.24) is 4.90 Å². The molecule has 3 N–H and O–H groups in total. The van der Waals surface area contributed by atoms with Crippen molar-refractivity contribution in [2.45, 2.75) is 24.7 Å². The number of nitrogens with one attached hydrogen (secondary N) is 1. The van der Waals surface area contributed by atoms with E-state index in [2.05, 4.69) is 5.32 Å². The number of likely N-dealkylation sites (tertiary alicyclic amines) is 1. The van der Waals surface area contributed by atoms with E-state index in [1.54, 1.807) is 11.0 Å². The summed E-state index contributed by atoms with van der Waals surface area (Å²) >= 11 is 0. The monoisotopic (exact) mass is 274 g/mol. The summed E-state index contributed by atoms with van der Waals surface area (Å²) in [6, 6.07) is 9.34. The first-order chi connectivity index (χ1) is 9.65. The third-order valence-corrected chi connectivity index (χ3v) is 3.82. The summed E-state index contributed by atoms with van der Waals surface area (Å²) in [5, 5.41) is 22.7. The zero-order valence-electron chi connectivity index (χ0n) is 11.1. The molecule has 1 aliphatic carbocycles. The Balaban J connectivity index is 1.63. The van der Waals surface area contributed by atoms with Crippen molar-refractivity contribution >= 4 is 11.6 Å². The molecule has 3 rings (SSSR count). The highest BCUT2D eigenvalue weighted by Gasteiger charge is 2.38. The number of anilines is 1. The summed E-state index contributed by atoms with van der Waals surface area (Å²) in [6.07, 6.45) is 1.14. The summed E-state index contributed by atoms with van der Waals surface area (Å²) < 4.78 is 0. The molecule has 3 atom stereocenters. The van der Waals surface area contributed by atoms with E-state index in [4.69, 9.17) is 0 Å². The lowest BCUT2D eigenvalue weighted by Gasteiger charge is -2.34. The van der Waals surface area contributed by atoms with Crippen molar-refractivity contribution in [2.75, 3.05) is 18.4 Å². The van der Waals surface area contributed by atoms with Crippen molar-refractivity contribution in [2.24, 2.45) is 0 Å². The van der Waals surface area contributed by atoms with Crippen LogP contribution in [0.2, 0.25) is 0 Å². The SMILES string of the molecule is O=C(C1=CC(Nc2ccccc2)C1O)N1CC[C@@H](O)C1. The molecule has 1 saturated heterocycles. The molecule has 1 aliphatic heterocycles. The molecule has 2 aliphatic rings. The average molecular weight is 274 g/mol. The maximum absolute atomic E-state index is 12.1. The molecule has 1 heterocycles. The quantitative estimate of drug-likeness (QED) is 0.744. The summed E-state index contributed by atoms with van der Waals surface area (Å²) in [5.41, 5.74) is 1.34. The molecule has 2 unspecified atom stereocenters. The molecule has 0 radical (unpaired) electrons. The van der Waals surface area contributed by atoms with Crippen LogP contribution < -0.4 is 5.32 Å². The van der Waals surface area contributed by atoms with E-state index < -0.39 is 12.2 Å². The van der Waals surface area contributed by atoms with E-state index in [1.807, 2.05) is 30.3 Å². The number of rotatable bonds is 3. The highest BCUT2D eigenvalue weighted by molar-refractivity contribution is 5.97. The second-order valence-electron chi connectivity index (χ2n) is 5.30. The Morgan fingerprint density at radius 3 is 2.60 bits per heavy atom. The van der Waals surface area contributed by atoms with Crippen LogP contribution in [0.15, 0.2) is 42.0 Å². The number of amides is 1. The maximum atomic E-state index is 12.1. The van der Waals surface area contributed by atoms with Crippen LogP contribution in [0.4, 0.5) is 5.69 Å². The van der Waals surface area contributed by atoms with Gasteiger partial charge in [-0.2, -0.15) is 0 Å². The molecule has 20 heavy (non-hydrogen) atoms. The number of aliphatic hydroxyl groups is 2. The van der Waals surface area contributed by atoms with Gasteiger partial charge in [0, 0.05) is 24.4 Å². The van der Waals surface area contributed by atoms with Gasteiger partial charge in [0.1, 0.15) is 6.10 Å². The summed E-state index contributed by atoms with van der Waals surface area (Å²) in [4.78, 5) is 13.7. The topological polar surface area (TPSA) is 72.8 Å². The first-order valence-corrected chi connectivity index (χ1v) is 6.84. The van der Waals surface area contributed by atoms with Gasteiger partial charge in [0.05, 0.1) is 12.1 Å². The van der Waals surface area contributed by atoms with E-state index in [9.17, 15) is 15.0 Å². The fraction of sp³-hybridized carbons (Fsp3) is 0.400. The standard InChI is InChI=1S/C15H18N2O3/c18-11-6-7-17(9-11)15(20)12-8-13(14(12)19)16-10-4-2-1-3-5-10/h1-5,8,11,13-14,16,18-19H,6-7,9H2/t11-,13?,14?/m1/s1. The first-order valence-electron chi connectivity index (χ1n) is 6.84. The van der Waals surface area contributed by atoms with Crippen molar-refractivity contribution in [3.8, 4) is 0 Å². The zero-order valence-corrected chi connectivity index (χ0v) is 11.1. The normalized spacial score (nSPS) is 28.8. The van der Waals surface area contributed by atoms with Gasteiger partial charge in [-0.3, -0.25) is 4.79 Å². The van der Waals surface area contributed by atoms with Crippen LogP contribution in [-0.2, 0) is 4.79 Å². The van der Waals surface area contributed by atoms with Gasteiger partial charge in [0.25, 0.3) is 5.91 Å². The number of para-hydroxylation sites is 1. The maximum Gasteiger partial charge on any atom is 0.252 e. The van der Waals surface area contributed by atoms with E-state index in [1.165, 1.54) is 0 Å². The van der Waals surface area contributed by atoms with Gasteiger partial charge in [0.15, 0.2) is 0 Å². The molecule has 1 fully saturated rings. The third kappa shape index (κ3) is 2.42. The van der Waals surface area contributed by atoms with Crippen LogP contribution in [0.1, 0.15) is 6.42 Å². The molecule has 1 amide bonds. The lowest BCUT2D eigenvalue weighted by Crippen LogP contribution is -2.47. The fourth-order valence-electron chi connectivity index (χ4n) is 2.61. The molecule has 0 aromatic heterocycles. The van der Waals surface area contributed by atoms with Gasteiger partial charge in [-0.15, -0.1) is 0 Å². The minimum atomic E-state index is -0.791. The number of carbonyl (C=O) groups is 1. The Kier molecular flexibility index (Phi) is 3.46. The highest BCUT2D eigenvalue weighted by Crippen LogP contribution is 2.27. The van der Waals surface area contributed by atoms with Gasteiger partial charge in [-0.25, -0.2) is 0 Å². The molecule has 5 heteroatoms. The number of β-amino-alcohol motifs (C(OH)–C–C–N with tert-alkyl or cyclic N) is 1. The Morgan fingerprint density at radius 2 is 2.00 bits per heavy atom. The van der Waals surface area contributed by atoms with Gasteiger partial charge in [0.2, 0.25) is 0 Å². The number of nitrogens with zero attached hydrogens (tertiary/aromatic N) is 1. The molecule has 0 saturated carbocycles. The van der Waals surface area contributed by atoms with Gasteiger partial charge in [-0.1, -0.05) is 18.2 Å². The molecule has 0 spiro atoms. The number of carbonyl (C=O) groups excluding carboxylic acids is 1. The molecular weight excluding hydrogens is 256 g/mol. The molecular formula is C15H18N2O3. The van der Waals surface area contributed by atoms with E-state index in [0.717, 1.165) is 5.69 Å². The molecule has 5 nitrogen and oxygen atoms in total. The average Bonchev–Trinajstić information content (AvgIpc) is 2.90. The number of aliphatic hydroxyl groups excluding tert-OH is 2. The summed E-state index contributed by atoms with van der Waals surface area (Å²) in [7, 11) is 0. The molecule has 1 aromatic rings. The largest absolute Gasteiger partial charge is 0.391 e. The Bertz CT molecular complexity index is 529. The lowest BCUT2D eigenvalue weighted by molar-refractivity contribution is -0.128. The van der Waals surface area contributed by atoms with Crippen LogP contribution in [0, 0.1) is 0 Å². The molecule has 1 aromatic carbocycles. The molecule has 106 valence electrons. The number of hydrogen-bond donors (Lipinski definition) is 3. The highest BCUT2D eigenvalue weighted by atomic mass is 16.3. The van der Waals surface area contributed by atoms with Crippen LogP contribution in [0.5, 0.6) is 0 Å². The van der Waals surface area contributed by atoms with Crippen LogP contribution in [0.25, 0.3) is 0 Å². The second kappa shape index (κ2) is 5.26. The van der Waals surface area contributed by atoms with E-state index in [0.29, 0.717) is 25.1 Å². The van der Waals surface area contributed by atoms with Crippen molar-refractivity contribution in [3.05, 3.63) is 42.0 Å². The van der Waals surface area contributed by atoms with Gasteiger partial charge >= 0.3 is 0 Å². The van der Waals surface area contributed by atoms with Crippen molar-refractivity contribution in [3.63, 3.8) is 0 Å². The Morgan fingerprint density at radius 1 is 1.25 bits per heavy atom. The van der Waals surface area contributed by atoms with Crippen LogP contribution in [-0.4, -0.2) is 52.4 Å². The van der Waals surface area contributed by atoms with Crippen LogP contribution in [0.3, 0.4) is 0 Å². The predicted molar refractivity (Wildman–Crippen MR) is 75.1 cm³/mol. The lowest BCUT2D eigenvalue weighted by atomic mass is 9.88. The van der Waals surface area contributed by atoms with Gasteiger partial charge in [-0.05, 0) is 24.6 Å². The first kappa shape index (κ1) is 13.1. The summed E-state index contributed by atoms with van der Waals surface area (Å²) in [5.74, 6) is -0.167. The Hall–Kier alpha value is -1.85. The van der Waals surface area contributed by atoms with E-state index in [-0.39, 0.29) is 11.9 Å². The number of hydrogen-bond acceptors (Lipinski definition) is 4. The predicted octanol–water partition coefficient (Wildman–Crippen LogP) is 0.361. The Labute approximate surface area is 117 Å². The third-order valence-electron chi connectivity index (χ3n) is 3.82. The smallest absolute Gasteiger partial charge is 0.252 e. The van der Waals surface area contributed by atoms with Crippen LogP contribution >= 0.6 is 0 Å². The minimum absolute atomic E-state index is 0.167. The zero-order chi connectivity index (χ0) is 14.1. The fourth-order valence-corrected chi connectivity index (χ4v) is 2.61. The van der Waals surface area contributed by atoms with Gasteiger partial charge < -0.3 is 20.4 Å². The van der Waals surface area contributed by atoms with Crippen molar-refractivity contribution in [1.29, 1.82) is 0 Å². The summed E-state index contributed by atoms with van der Waals surface area (Å²) in [6.45, 7) is 0.917. The number of benzene rings is 1. The minimum Gasteiger partial charge on any atom is -0.391 e. The van der Waals surface area contributed by atoms with E-state index >= 15 is 0 Å². The second-order valence-corrected chi connectivity index (χ2v) is 5.30. The molecule has 0 bridgehead atoms.